The smallest absolute Gasteiger partial charge is 0.315 e. The van der Waals surface area contributed by atoms with Gasteiger partial charge in [-0.15, -0.1) is 0 Å². The molecule has 0 aromatic heterocycles. The van der Waals surface area contributed by atoms with Gasteiger partial charge in [0.25, 0.3) is 5.91 Å². The highest BCUT2D eigenvalue weighted by atomic mass is 32.2. The summed E-state index contributed by atoms with van der Waals surface area (Å²) in [6.07, 6.45) is 3.58. The fraction of sp³-hybridized carbons (Fsp3) is 0.400. The van der Waals surface area contributed by atoms with Crippen molar-refractivity contribution >= 4 is 23.7 Å². The molecule has 0 aliphatic rings. The third-order valence-corrected chi connectivity index (χ3v) is 3.70. The summed E-state index contributed by atoms with van der Waals surface area (Å²) in [5, 5.41) is 13.9. The summed E-state index contributed by atoms with van der Waals surface area (Å²) >= 11 is 1.38. The number of hydrogen-bond donors (Lipinski definition) is 2. The van der Waals surface area contributed by atoms with Gasteiger partial charge in [0.1, 0.15) is 11.9 Å². The van der Waals surface area contributed by atoms with Crippen LogP contribution in [0.1, 0.15) is 12.5 Å². The molecule has 1 aromatic carbocycles. The first-order chi connectivity index (χ1) is 11.0. The van der Waals surface area contributed by atoms with Crippen molar-refractivity contribution in [2.45, 2.75) is 19.5 Å². The van der Waals surface area contributed by atoms with Crippen LogP contribution in [0.5, 0.6) is 0 Å². The molecule has 8 heteroatoms. The van der Waals surface area contributed by atoms with E-state index in [-0.39, 0.29) is 13.1 Å². The first-order valence-electron chi connectivity index (χ1n) is 7.01. The van der Waals surface area contributed by atoms with Crippen molar-refractivity contribution < 1.29 is 14.0 Å². The van der Waals surface area contributed by atoms with Crippen LogP contribution in [-0.2, 0) is 11.3 Å². The van der Waals surface area contributed by atoms with Crippen molar-refractivity contribution in [1.82, 2.24) is 15.5 Å². The Balaban J connectivity index is 2.62. The number of nitrogens with one attached hydrogen (secondary N) is 2. The lowest BCUT2D eigenvalue weighted by molar-refractivity contribution is -0.129. The second-order valence-electron chi connectivity index (χ2n) is 4.61. The third-order valence-electron chi connectivity index (χ3n) is 3.04. The standard InChI is InChI=1S/C15H19FN4O2S/c1-3-20(10-17)14(21)13(9-23-2)19-15(22)18-8-11-6-4-5-7-12(11)16/h4-7,13H,3,8-9H2,1-2H3,(H2,18,19,22). The van der Waals surface area contributed by atoms with Crippen LogP contribution in [0.3, 0.4) is 0 Å². The molecule has 0 saturated carbocycles. The lowest BCUT2D eigenvalue weighted by atomic mass is 10.2. The van der Waals surface area contributed by atoms with E-state index in [1.165, 1.54) is 17.8 Å². The predicted octanol–water partition coefficient (Wildman–Crippen LogP) is 1.69. The molecule has 0 spiro atoms. The Bertz CT molecular complexity index is 591. The van der Waals surface area contributed by atoms with Crippen molar-refractivity contribution in [2.75, 3.05) is 18.6 Å². The SMILES string of the molecule is CCN(C#N)C(=O)C(CSC)NC(=O)NCc1ccccc1F. The summed E-state index contributed by atoms with van der Waals surface area (Å²) in [6.45, 7) is 1.92. The number of thioether (sulfide) groups is 1. The molecule has 0 aliphatic heterocycles. The minimum Gasteiger partial charge on any atom is -0.334 e. The maximum Gasteiger partial charge on any atom is 0.315 e. The van der Waals surface area contributed by atoms with E-state index in [2.05, 4.69) is 10.6 Å². The molecule has 0 fully saturated rings. The minimum absolute atomic E-state index is 0.00836. The van der Waals surface area contributed by atoms with Gasteiger partial charge >= 0.3 is 6.03 Å². The number of urea groups is 1. The molecule has 0 saturated heterocycles. The van der Waals surface area contributed by atoms with Gasteiger partial charge in [-0.2, -0.15) is 17.0 Å². The highest BCUT2D eigenvalue weighted by molar-refractivity contribution is 7.98. The van der Waals surface area contributed by atoms with Crippen LogP contribution in [0.15, 0.2) is 24.3 Å². The van der Waals surface area contributed by atoms with E-state index in [9.17, 15) is 14.0 Å². The summed E-state index contributed by atoms with van der Waals surface area (Å²) in [5.74, 6) is -0.541. The van der Waals surface area contributed by atoms with Crippen molar-refractivity contribution in [3.63, 3.8) is 0 Å². The number of benzene rings is 1. The maximum absolute atomic E-state index is 13.5. The maximum atomic E-state index is 13.5. The van der Waals surface area contributed by atoms with Gasteiger partial charge in [-0.25, -0.2) is 14.1 Å². The molecular weight excluding hydrogens is 319 g/mol. The molecular formula is C15H19FN4O2S. The summed E-state index contributed by atoms with van der Waals surface area (Å²) in [4.78, 5) is 25.0. The Morgan fingerprint density at radius 3 is 2.70 bits per heavy atom. The number of carbonyl (C=O) groups is 2. The zero-order valence-corrected chi connectivity index (χ0v) is 13.8. The number of nitrogens with zero attached hydrogens (tertiary/aromatic N) is 2. The molecule has 23 heavy (non-hydrogen) atoms. The predicted molar refractivity (Wildman–Crippen MR) is 86.9 cm³/mol. The molecule has 124 valence electrons. The summed E-state index contributed by atoms with van der Waals surface area (Å²) < 4.78 is 13.5. The van der Waals surface area contributed by atoms with Gasteiger partial charge in [-0.05, 0) is 19.2 Å². The van der Waals surface area contributed by atoms with Gasteiger partial charge in [0.15, 0.2) is 6.19 Å². The topological polar surface area (TPSA) is 85.2 Å². The van der Waals surface area contributed by atoms with Crippen LogP contribution >= 0.6 is 11.8 Å². The fourth-order valence-electron chi connectivity index (χ4n) is 1.83. The Labute approximate surface area is 139 Å². The van der Waals surface area contributed by atoms with Crippen LogP contribution < -0.4 is 10.6 Å². The van der Waals surface area contributed by atoms with E-state index in [4.69, 9.17) is 5.26 Å². The summed E-state index contributed by atoms with van der Waals surface area (Å²) in [5.41, 5.74) is 0.350. The van der Waals surface area contributed by atoms with E-state index < -0.39 is 23.8 Å². The van der Waals surface area contributed by atoms with Crippen LogP contribution in [0, 0.1) is 17.3 Å². The molecule has 2 N–H and O–H groups in total. The molecule has 1 aromatic rings. The Kier molecular flexibility index (Phi) is 7.91. The third kappa shape index (κ3) is 5.79. The molecule has 0 aliphatic carbocycles. The van der Waals surface area contributed by atoms with E-state index in [1.54, 1.807) is 37.6 Å². The molecule has 0 radical (unpaired) electrons. The van der Waals surface area contributed by atoms with E-state index >= 15 is 0 Å². The first kappa shape index (κ1) is 18.8. The number of halogens is 1. The number of nitriles is 1. The van der Waals surface area contributed by atoms with E-state index in [1.807, 2.05) is 0 Å². The van der Waals surface area contributed by atoms with E-state index in [0.717, 1.165) is 4.90 Å². The lowest BCUT2D eigenvalue weighted by Crippen LogP contribution is -2.51. The monoisotopic (exact) mass is 338 g/mol. The average molecular weight is 338 g/mol. The van der Waals surface area contributed by atoms with Gasteiger partial charge in [0, 0.05) is 24.4 Å². The van der Waals surface area contributed by atoms with Gasteiger partial charge < -0.3 is 10.6 Å². The summed E-state index contributed by atoms with van der Waals surface area (Å²) in [7, 11) is 0. The highest BCUT2D eigenvalue weighted by Crippen LogP contribution is 2.06. The van der Waals surface area contributed by atoms with Crippen LogP contribution in [0.25, 0.3) is 0 Å². The van der Waals surface area contributed by atoms with Gasteiger partial charge in [0.05, 0.1) is 0 Å². The Hall–Kier alpha value is -2.27. The molecule has 0 bridgehead atoms. The molecule has 3 amide bonds. The zero-order chi connectivity index (χ0) is 17.2. The van der Waals surface area contributed by atoms with Crippen molar-refractivity contribution in [3.05, 3.63) is 35.6 Å². The number of likely N-dealkylation sites (N-methyl/N-ethyl adjacent to an activating group) is 1. The fourth-order valence-corrected chi connectivity index (χ4v) is 2.39. The largest absolute Gasteiger partial charge is 0.334 e. The van der Waals surface area contributed by atoms with E-state index in [0.29, 0.717) is 11.3 Å². The van der Waals surface area contributed by atoms with Crippen LogP contribution in [0.2, 0.25) is 0 Å². The second-order valence-corrected chi connectivity index (χ2v) is 5.52. The lowest BCUT2D eigenvalue weighted by Gasteiger charge is -2.21. The number of rotatable bonds is 7. The van der Waals surface area contributed by atoms with Gasteiger partial charge in [-0.3, -0.25) is 4.79 Å². The van der Waals surface area contributed by atoms with Crippen LogP contribution in [-0.4, -0.2) is 41.4 Å². The Morgan fingerprint density at radius 2 is 2.13 bits per heavy atom. The molecule has 1 atom stereocenters. The minimum atomic E-state index is -0.815. The average Bonchev–Trinajstić information content (AvgIpc) is 2.54. The zero-order valence-electron chi connectivity index (χ0n) is 13.0. The Morgan fingerprint density at radius 1 is 1.43 bits per heavy atom. The molecule has 1 rings (SSSR count). The molecule has 1 unspecified atom stereocenters. The number of carbonyl (C=O) groups excluding carboxylic acids is 2. The molecule has 6 nitrogen and oxygen atoms in total. The van der Waals surface area contributed by atoms with Crippen molar-refractivity contribution in [3.8, 4) is 6.19 Å². The van der Waals surface area contributed by atoms with Crippen LogP contribution in [0.4, 0.5) is 9.18 Å². The van der Waals surface area contributed by atoms with Gasteiger partial charge in [0.2, 0.25) is 0 Å². The quantitative estimate of drug-likeness (QED) is 0.585. The normalized spacial score (nSPS) is 11.2. The highest BCUT2D eigenvalue weighted by Gasteiger charge is 2.24. The number of amides is 3. The van der Waals surface area contributed by atoms with Gasteiger partial charge in [-0.1, -0.05) is 18.2 Å². The number of hydrogen-bond acceptors (Lipinski definition) is 4. The molecule has 0 heterocycles. The van der Waals surface area contributed by atoms with Crippen molar-refractivity contribution in [2.24, 2.45) is 0 Å². The summed E-state index contributed by atoms with van der Waals surface area (Å²) in [6, 6.07) is 4.70. The second kappa shape index (κ2) is 9.69. The first-order valence-corrected chi connectivity index (χ1v) is 8.40. The van der Waals surface area contributed by atoms with Crippen molar-refractivity contribution in [1.29, 1.82) is 5.26 Å².